The molecule has 0 saturated carbocycles. The van der Waals surface area contributed by atoms with Crippen LogP contribution in [-0.4, -0.2) is 31.5 Å². The first-order valence-corrected chi connectivity index (χ1v) is 8.61. The normalized spacial score (nSPS) is 10.1. The standard InChI is InChI=1S/C17H16Cl2N2O4S/c1-23-8-9-24-17(22)21-16(26)20-12-4-7-15(14(19)10-12)25-13-5-2-11(18)3-6-13/h2-7,10H,8-9H2,1H3,(H2,20,21,22,26). The number of carbonyl (C=O) groups is 1. The molecule has 26 heavy (non-hydrogen) atoms. The Kier molecular flexibility index (Phi) is 7.93. The number of hydrogen-bond donors (Lipinski definition) is 2. The van der Waals surface area contributed by atoms with Crippen molar-refractivity contribution in [1.82, 2.24) is 5.32 Å². The van der Waals surface area contributed by atoms with E-state index >= 15 is 0 Å². The van der Waals surface area contributed by atoms with Crippen molar-refractivity contribution >= 4 is 52.3 Å². The number of halogens is 2. The molecule has 2 aromatic carbocycles. The topological polar surface area (TPSA) is 68.8 Å². The molecule has 0 heterocycles. The lowest BCUT2D eigenvalue weighted by atomic mass is 10.3. The van der Waals surface area contributed by atoms with Crippen molar-refractivity contribution in [3.8, 4) is 11.5 Å². The zero-order valence-corrected chi connectivity index (χ0v) is 16.1. The van der Waals surface area contributed by atoms with E-state index < -0.39 is 6.09 Å². The number of amides is 1. The number of hydrogen-bond acceptors (Lipinski definition) is 5. The first kappa shape index (κ1) is 20.3. The summed E-state index contributed by atoms with van der Waals surface area (Å²) in [5, 5.41) is 6.28. The summed E-state index contributed by atoms with van der Waals surface area (Å²) in [5.74, 6) is 1.07. The van der Waals surface area contributed by atoms with E-state index in [1.165, 1.54) is 7.11 Å². The molecular weight excluding hydrogens is 399 g/mol. The van der Waals surface area contributed by atoms with Gasteiger partial charge in [-0.25, -0.2) is 4.79 Å². The third kappa shape index (κ3) is 6.68. The highest BCUT2D eigenvalue weighted by molar-refractivity contribution is 7.80. The van der Waals surface area contributed by atoms with Gasteiger partial charge in [-0.2, -0.15) is 0 Å². The monoisotopic (exact) mass is 414 g/mol. The van der Waals surface area contributed by atoms with Crippen molar-refractivity contribution in [1.29, 1.82) is 0 Å². The lowest BCUT2D eigenvalue weighted by Crippen LogP contribution is -2.35. The number of carbonyl (C=O) groups excluding carboxylic acids is 1. The minimum absolute atomic E-state index is 0.0786. The van der Waals surface area contributed by atoms with Crippen LogP contribution in [0.2, 0.25) is 10.0 Å². The highest BCUT2D eigenvalue weighted by Gasteiger charge is 2.08. The van der Waals surface area contributed by atoms with E-state index in [-0.39, 0.29) is 11.7 Å². The summed E-state index contributed by atoms with van der Waals surface area (Å²) in [6.45, 7) is 0.436. The van der Waals surface area contributed by atoms with Crippen LogP contribution in [-0.2, 0) is 9.47 Å². The van der Waals surface area contributed by atoms with Crippen LogP contribution < -0.4 is 15.4 Å². The smallest absolute Gasteiger partial charge is 0.413 e. The lowest BCUT2D eigenvalue weighted by Gasteiger charge is -2.12. The lowest BCUT2D eigenvalue weighted by molar-refractivity contribution is 0.102. The van der Waals surface area contributed by atoms with Gasteiger partial charge in [-0.15, -0.1) is 0 Å². The van der Waals surface area contributed by atoms with Gasteiger partial charge in [0.25, 0.3) is 0 Å². The minimum atomic E-state index is -0.673. The quantitative estimate of drug-likeness (QED) is 0.519. The molecule has 0 aliphatic carbocycles. The van der Waals surface area contributed by atoms with E-state index in [2.05, 4.69) is 10.6 Å². The minimum Gasteiger partial charge on any atom is -0.456 e. The molecule has 9 heteroatoms. The highest BCUT2D eigenvalue weighted by Crippen LogP contribution is 2.32. The van der Waals surface area contributed by atoms with E-state index in [4.69, 9.17) is 49.6 Å². The number of benzene rings is 2. The van der Waals surface area contributed by atoms with Gasteiger partial charge in [0.15, 0.2) is 5.11 Å². The Balaban J connectivity index is 1.91. The number of nitrogens with one attached hydrogen (secondary N) is 2. The molecule has 0 aromatic heterocycles. The Bertz CT molecular complexity index is 772. The summed E-state index contributed by atoms with van der Waals surface area (Å²) >= 11 is 17.1. The van der Waals surface area contributed by atoms with E-state index in [1.54, 1.807) is 42.5 Å². The zero-order chi connectivity index (χ0) is 18.9. The second kappa shape index (κ2) is 10.2. The Hall–Kier alpha value is -2.06. The molecule has 1 amide bonds. The van der Waals surface area contributed by atoms with Crippen molar-refractivity contribution in [2.24, 2.45) is 0 Å². The second-order valence-electron chi connectivity index (χ2n) is 4.91. The van der Waals surface area contributed by atoms with Crippen molar-refractivity contribution in [3.63, 3.8) is 0 Å². The number of alkyl carbamates (subject to hydrolysis) is 1. The fourth-order valence-corrected chi connectivity index (χ4v) is 2.35. The molecule has 0 aliphatic heterocycles. The third-order valence-corrected chi connectivity index (χ3v) is 3.72. The summed E-state index contributed by atoms with van der Waals surface area (Å²) in [5.41, 5.74) is 0.584. The predicted molar refractivity (Wildman–Crippen MR) is 106 cm³/mol. The summed E-state index contributed by atoms with van der Waals surface area (Å²) in [7, 11) is 1.51. The van der Waals surface area contributed by atoms with Crippen LogP contribution in [0.1, 0.15) is 0 Å². The Morgan fingerprint density at radius 3 is 2.50 bits per heavy atom. The van der Waals surface area contributed by atoms with Crippen LogP contribution >= 0.6 is 35.4 Å². The van der Waals surface area contributed by atoms with Gasteiger partial charge in [0.1, 0.15) is 18.1 Å². The molecule has 0 radical (unpaired) electrons. The summed E-state index contributed by atoms with van der Waals surface area (Å²) in [4.78, 5) is 11.5. The number of methoxy groups -OCH3 is 1. The molecule has 138 valence electrons. The van der Waals surface area contributed by atoms with E-state index in [9.17, 15) is 4.79 Å². The van der Waals surface area contributed by atoms with Crippen molar-refractivity contribution in [2.45, 2.75) is 0 Å². The fourth-order valence-electron chi connectivity index (χ4n) is 1.80. The highest BCUT2D eigenvalue weighted by atomic mass is 35.5. The van der Waals surface area contributed by atoms with Crippen LogP contribution in [0.3, 0.4) is 0 Å². The average Bonchev–Trinajstić information content (AvgIpc) is 2.59. The molecule has 0 aliphatic rings. The van der Waals surface area contributed by atoms with Gasteiger partial charge in [-0.05, 0) is 54.7 Å². The van der Waals surface area contributed by atoms with Gasteiger partial charge < -0.3 is 19.5 Å². The van der Waals surface area contributed by atoms with Gasteiger partial charge in [0.2, 0.25) is 0 Å². The predicted octanol–water partition coefficient (Wildman–Crippen LogP) is 4.86. The third-order valence-electron chi connectivity index (χ3n) is 2.97. The van der Waals surface area contributed by atoms with Crippen molar-refractivity contribution in [2.75, 3.05) is 25.6 Å². The SMILES string of the molecule is COCCOC(=O)NC(=S)Nc1ccc(Oc2ccc(Cl)cc2)c(Cl)c1. The Morgan fingerprint density at radius 2 is 1.85 bits per heavy atom. The molecule has 0 fully saturated rings. The molecule has 0 saturated heterocycles. The molecule has 0 unspecified atom stereocenters. The first-order chi connectivity index (χ1) is 12.5. The maximum Gasteiger partial charge on any atom is 0.413 e. The van der Waals surface area contributed by atoms with Crippen molar-refractivity contribution < 1.29 is 19.0 Å². The van der Waals surface area contributed by atoms with E-state index in [0.29, 0.717) is 33.8 Å². The van der Waals surface area contributed by atoms with E-state index in [1.807, 2.05) is 0 Å². The first-order valence-electron chi connectivity index (χ1n) is 7.44. The summed E-state index contributed by atoms with van der Waals surface area (Å²) in [6.07, 6.45) is -0.673. The Morgan fingerprint density at radius 1 is 1.12 bits per heavy atom. The molecule has 2 N–H and O–H groups in total. The number of thiocarbonyl (C=S) groups is 1. The van der Waals surface area contributed by atoms with Gasteiger partial charge in [0.05, 0.1) is 11.6 Å². The Labute approximate surface area is 166 Å². The van der Waals surface area contributed by atoms with Crippen LogP contribution in [0.5, 0.6) is 11.5 Å². The van der Waals surface area contributed by atoms with Gasteiger partial charge in [-0.1, -0.05) is 23.2 Å². The second-order valence-corrected chi connectivity index (χ2v) is 6.16. The molecule has 0 bridgehead atoms. The van der Waals surface area contributed by atoms with E-state index in [0.717, 1.165) is 0 Å². The van der Waals surface area contributed by atoms with Crippen LogP contribution in [0, 0.1) is 0 Å². The molecule has 0 spiro atoms. The maximum atomic E-state index is 11.5. The summed E-state index contributed by atoms with van der Waals surface area (Å²) < 4.78 is 15.3. The number of anilines is 1. The van der Waals surface area contributed by atoms with Crippen LogP contribution in [0.4, 0.5) is 10.5 Å². The summed E-state index contributed by atoms with van der Waals surface area (Å²) in [6, 6.07) is 11.9. The molecule has 2 aromatic rings. The average molecular weight is 415 g/mol. The molecule has 0 atom stereocenters. The van der Waals surface area contributed by atoms with Gasteiger partial charge in [-0.3, -0.25) is 5.32 Å². The van der Waals surface area contributed by atoms with Crippen LogP contribution in [0.15, 0.2) is 42.5 Å². The number of ether oxygens (including phenoxy) is 3. The van der Waals surface area contributed by atoms with Gasteiger partial charge in [0, 0.05) is 17.8 Å². The molecule has 6 nitrogen and oxygen atoms in total. The number of rotatable bonds is 6. The molecular formula is C17H16Cl2N2O4S. The van der Waals surface area contributed by atoms with Crippen LogP contribution in [0.25, 0.3) is 0 Å². The fraction of sp³-hybridized carbons (Fsp3) is 0.176. The van der Waals surface area contributed by atoms with Crippen molar-refractivity contribution in [3.05, 3.63) is 52.5 Å². The molecule has 2 rings (SSSR count). The maximum absolute atomic E-state index is 11.5. The zero-order valence-electron chi connectivity index (χ0n) is 13.8. The van der Waals surface area contributed by atoms with Gasteiger partial charge >= 0.3 is 6.09 Å². The largest absolute Gasteiger partial charge is 0.456 e.